The lowest BCUT2D eigenvalue weighted by molar-refractivity contribution is -0.138. The van der Waals surface area contributed by atoms with E-state index in [0.717, 1.165) is 42.9 Å². The molecule has 1 heterocycles. The van der Waals surface area contributed by atoms with Crippen LogP contribution in [0.2, 0.25) is 0 Å². The predicted octanol–water partition coefficient (Wildman–Crippen LogP) is 3.16. The van der Waals surface area contributed by atoms with Crippen molar-refractivity contribution in [2.24, 2.45) is 0 Å². The van der Waals surface area contributed by atoms with Gasteiger partial charge in [-0.05, 0) is 42.7 Å². The smallest absolute Gasteiger partial charge is 0.315 e. The lowest BCUT2D eigenvalue weighted by Crippen LogP contribution is -2.62. The molecule has 1 aliphatic heterocycles. The Bertz CT molecular complexity index is 903. The first-order chi connectivity index (χ1) is 15.6. The molecule has 0 radical (unpaired) electrons. The number of carbonyl (C=O) groups excluding carboxylic acids is 2. The van der Waals surface area contributed by atoms with Crippen LogP contribution in [0.4, 0.5) is 10.5 Å². The molecule has 1 saturated heterocycles. The summed E-state index contributed by atoms with van der Waals surface area (Å²) in [5, 5.41) is 5.95. The summed E-state index contributed by atoms with van der Waals surface area (Å²) in [7, 11) is 1.66. The third-order valence-corrected chi connectivity index (χ3v) is 6.52. The van der Waals surface area contributed by atoms with E-state index in [4.69, 9.17) is 4.74 Å². The van der Waals surface area contributed by atoms with Crippen LogP contribution in [-0.2, 0) is 11.3 Å². The summed E-state index contributed by atoms with van der Waals surface area (Å²) in [4.78, 5) is 30.4. The molecule has 2 fully saturated rings. The third kappa shape index (κ3) is 4.98. The monoisotopic (exact) mass is 436 g/mol. The summed E-state index contributed by atoms with van der Waals surface area (Å²) in [5.41, 5.74) is 1.37. The fourth-order valence-electron chi connectivity index (χ4n) is 4.67. The largest absolute Gasteiger partial charge is 0.497 e. The van der Waals surface area contributed by atoms with Crippen LogP contribution in [0.3, 0.4) is 0 Å². The van der Waals surface area contributed by atoms with Crippen molar-refractivity contribution in [2.75, 3.05) is 38.2 Å². The van der Waals surface area contributed by atoms with Gasteiger partial charge in [0.1, 0.15) is 11.3 Å². The number of carbonyl (C=O) groups is 2. The highest BCUT2D eigenvalue weighted by Crippen LogP contribution is 2.32. The normalized spacial score (nSPS) is 17.7. The van der Waals surface area contributed by atoms with Crippen molar-refractivity contribution in [3.63, 3.8) is 0 Å². The van der Waals surface area contributed by atoms with Gasteiger partial charge < -0.3 is 25.2 Å². The maximum atomic E-state index is 13.5. The van der Waals surface area contributed by atoms with Crippen molar-refractivity contribution in [3.8, 4) is 5.75 Å². The molecule has 0 bridgehead atoms. The van der Waals surface area contributed by atoms with Crippen LogP contribution < -0.4 is 20.3 Å². The molecule has 0 spiro atoms. The molecular formula is C25H32N4O3. The second kappa shape index (κ2) is 9.94. The summed E-state index contributed by atoms with van der Waals surface area (Å²) < 4.78 is 5.24. The number of amides is 3. The van der Waals surface area contributed by atoms with Gasteiger partial charge in [-0.1, -0.05) is 43.2 Å². The summed E-state index contributed by atoms with van der Waals surface area (Å²) in [6.07, 6.45) is 3.31. The lowest BCUT2D eigenvalue weighted by atomic mass is 9.95. The van der Waals surface area contributed by atoms with Crippen molar-refractivity contribution >= 4 is 17.6 Å². The van der Waals surface area contributed by atoms with Crippen molar-refractivity contribution < 1.29 is 14.3 Å². The first kappa shape index (κ1) is 22.0. The summed E-state index contributed by atoms with van der Waals surface area (Å²) in [5.74, 6) is 0.890. The number of ether oxygens (including phenoxy) is 1. The molecule has 2 aromatic carbocycles. The number of anilines is 1. The number of piperazine rings is 1. The van der Waals surface area contributed by atoms with E-state index in [1.165, 1.54) is 0 Å². The van der Waals surface area contributed by atoms with Gasteiger partial charge in [-0.3, -0.25) is 4.79 Å². The van der Waals surface area contributed by atoms with Gasteiger partial charge in [-0.2, -0.15) is 0 Å². The molecule has 0 atom stereocenters. The highest BCUT2D eigenvalue weighted by atomic mass is 16.5. The quantitative estimate of drug-likeness (QED) is 0.730. The van der Waals surface area contributed by atoms with Crippen LogP contribution in [0.25, 0.3) is 0 Å². The van der Waals surface area contributed by atoms with Crippen LogP contribution in [0.5, 0.6) is 5.75 Å². The molecule has 0 aromatic heterocycles. The number of hydrogen-bond donors (Lipinski definition) is 2. The summed E-state index contributed by atoms with van der Waals surface area (Å²) in [6, 6.07) is 17.5. The Morgan fingerprint density at radius 3 is 2.22 bits per heavy atom. The third-order valence-electron chi connectivity index (χ3n) is 6.52. The second-order valence-corrected chi connectivity index (χ2v) is 8.56. The molecule has 170 valence electrons. The van der Waals surface area contributed by atoms with Crippen LogP contribution >= 0.6 is 0 Å². The van der Waals surface area contributed by atoms with Crippen LogP contribution in [0, 0.1) is 0 Å². The van der Waals surface area contributed by atoms with Gasteiger partial charge in [-0.15, -0.1) is 0 Å². The topological polar surface area (TPSA) is 73.9 Å². The fraction of sp³-hybridized carbons (Fsp3) is 0.440. The Morgan fingerprint density at radius 2 is 1.59 bits per heavy atom. The van der Waals surface area contributed by atoms with E-state index in [-0.39, 0.29) is 11.9 Å². The van der Waals surface area contributed by atoms with Gasteiger partial charge in [0, 0.05) is 38.4 Å². The molecular weight excluding hydrogens is 404 g/mol. The molecule has 2 N–H and O–H groups in total. The minimum absolute atomic E-state index is 0.0549. The maximum absolute atomic E-state index is 13.5. The minimum atomic E-state index is -0.789. The van der Waals surface area contributed by atoms with Gasteiger partial charge in [0.2, 0.25) is 5.91 Å². The predicted molar refractivity (Wildman–Crippen MR) is 125 cm³/mol. The average molecular weight is 437 g/mol. The van der Waals surface area contributed by atoms with Crippen molar-refractivity contribution in [3.05, 3.63) is 60.2 Å². The van der Waals surface area contributed by atoms with Crippen LogP contribution in [0.15, 0.2) is 54.6 Å². The highest BCUT2D eigenvalue weighted by Gasteiger charge is 2.45. The standard InChI is InChI=1S/C25H32N4O3/c1-32-22-11-9-21(10-12-22)28-15-17-29(18-16-28)23(30)25(13-5-6-14-25)27-24(31)26-19-20-7-3-2-4-8-20/h2-4,7-12H,5-6,13-19H2,1H3,(H2,26,27,31). The molecule has 3 amide bonds. The van der Waals surface area contributed by atoms with Gasteiger partial charge in [0.15, 0.2) is 0 Å². The molecule has 0 unspecified atom stereocenters. The van der Waals surface area contributed by atoms with E-state index in [1.807, 2.05) is 59.5 Å². The summed E-state index contributed by atoms with van der Waals surface area (Å²) >= 11 is 0. The number of urea groups is 1. The lowest BCUT2D eigenvalue weighted by Gasteiger charge is -2.40. The number of benzene rings is 2. The Labute approximate surface area is 189 Å². The number of hydrogen-bond acceptors (Lipinski definition) is 4. The van der Waals surface area contributed by atoms with E-state index in [0.29, 0.717) is 32.5 Å². The molecule has 1 aliphatic carbocycles. The minimum Gasteiger partial charge on any atom is -0.497 e. The fourth-order valence-corrected chi connectivity index (χ4v) is 4.67. The zero-order chi connectivity index (χ0) is 22.4. The zero-order valence-corrected chi connectivity index (χ0v) is 18.7. The number of rotatable bonds is 6. The van der Waals surface area contributed by atoms with Gasteiger partial charge in [0.05, 0.1) is 7.11 Å². The van der Waals surface area contributed by atoms with E-state index in [2.05, 4.69) is 15.5 Å². The number of methoxy groups -OCH3 is 1. The molecule has 2 aliphatic rings. The Balaban J connectivity index is 1.34. The molecule has 1 saturated carbocycles. The maximum Gasteiger partial charge on any atom is 0.315 e. The first-order valence-electron chi connectivity index (χ1n) is 11.4. The Hall–Kier alpha value is -3.22. The SMILES string of the molecule is COc1ccc(N2CCN(C(=O)C3(NC(=O)NCc4ccccc4)CCCC3)CC2)cc1. The van der Waals surface area contributed by atoms with Crippen molar-refractivity contribution in [1.82, 2.24) is 15.5 Å². The number of nitrogens with zero attached hydrogens (tertiary/aromatic N) is 2. The molecule has 32 heavy (non-hydrogen) atoms. The van der Waals surface area contributed by atoms with E-state index in [1.54, 1.807) is 7.11 Å². The van der Waals surface area contributed by atoms with Crippen LogP contribution in [0.1, 0.15) is 31.2 Å². The summed E-state index contributed by atoms with van der Waals surface area (Å²) in [6.45, 7) is 3.29. The molecule has 7 nitrogen and oxygen atoms in total. The van der Waals surface area contributed by atoms with E-state index in [9.17, 15) is 9.59 Å². The Kier molecular flexibility index (Phi) is 6.83. The molecule has 4 rings (SSSR count). The molecule has 7 heteroatoms. The average Bonchev–Trinajstić information content (AvgIpc) is 3.32. The van der Waals surface area contributed by atoms with Crippen molar-refractivity contribution in [1.29, 1.82) is 0 Å². The highest BCUT2D eigenvalue weighted by molar-refractivity contribution is 5.91. The Morgan fingerprint density at radius 1 is 0.938 bits per heavy atom. The van der Waals surface area contributed by atoms with Crippen molar-refractivity contribution in [2.45, 2.75) is 37.8 Å². The second-order valence-electron chi connectivity index (χ2n) is 8.56. The van der Waals surface area contributed by atoms with Gasteiger partial charge in [0.25, 0.3) is 0 Å². The van der Waals surface area contributed by atoms with Crippen LogP contribution in [-0.4, -0.2) is 55.7 Å². The van der Waals surface area contributed by atoms with Gasteiger partial charge >= 0.3 is 6.03 Å². The zero-order valence-electron chi connectivity index (χ0n) is 18.7. The first-order valence-corrected chi connectivity index (χ1v) is 11.4. The number of nitrogens with one attached hydrogen (secondary N) is 2. The van der Waals surface area contributed by atoms with E-state index < -0.39 is 5.54 Å². The van der Waals surface area contributed by atoms with Gasteiger partial charge in [-0.25, -0.2) is 4.79 Å². The van der Waals surface area contributed by atoms with E-state index >= 15 is 0 Å². The molecule has 2 aromatic rings.